The van der Waals surface area contributed by atoms with Gasteiger partial charge in [0, 0.05) is 44.9 Å². The van der Waals surface area contributed by atoms with E-state index in [1.54, 1.807) is 43.1 Å². The maximum absolute atomic E-state index is 13.6. The maximum atomic E-state index is 13.6. The lowest BCUT2D eigenvalue weighted by molar-refractivity contribution is -0.156. The van der Waals surface area contributed by atoms with Crippen LogP contribution in [-0.2, 0) is 32.0 Å². The normalized spacial score (nSPS) is 17.0. The Morgan fingerprint density at radius 3 is 2.28 bits per heavy atom. The summed E-state index contributed by atoms with van der Waals surface area (Å²) in [5.74, 6) is -1.25. The van der Waals surface area contributed by atoms with Crippen molar-refractivity contribution in [2.24, 2.45) is 0 Å². The van der Waals surface area contributed by atoms with Crippen LogP contribution in [0.25, 0.3) is 10.8 Å². The van der Waals surface area contributed by atoms with Gasteiger partial charge in [0.15, 0.2) is 0 Å². The highest BCUT2D eigenvalue weighted by Gasteiger charge is 2.41. The van der Waals surface area contributed by atoms with E-state index >= 15 is 0 Å². The van der Waals surface area contributed by atoms with E-state index in [0.29, 0.717) is 11.4 Å². The Morgan fingerprint density at radius 1 is 0.949 bits per heavy atom. The fraction of sp³-hybridized carbons (Fsp3) is 0.333. The smallest absolute Gasteiger partial charge is 0.246 e. The summed E-state index contributed by atoms with van der Waals surface area (Å²) in [5, 5.41) is 8.16. The largest absolute Gasteiger partial charge is 0.357 e. The summed E-state index contributed by atoms with van der Waals surface area (Å²) < 4.78 is 0. The standard InChI is InChI=1S/C30H33ClN4O4/c1-19-29(38)35(27(28(37)32-3)18-22-8-11-23-6-4-5-7-24(23)16-22)15-14-34(19)30(39)26(33-20(2)36)17-21-9-12-25(31)13-10-21/h4-13,16,19,26-27H,14-15,17-18H2,1-3H3,(H,32,37)(H,33,36). The minimum absolute atomic E-state index is 0.203. The van der Waals surface area contributed by atoms with E-state index in [1.807, 2.05) is 42.5 Å². The maximum Gasteiger partial charge on any atom is 0.246 e. The van der Waals surface area contributed by atoms with Crippen molar-refractivity contribution in [2.45, 2.75) is 44.8 Å². The highest BCUT2D eigenvalue weighted by Crippen LogP contribution is 2.22. The number of likely N-dealkylation sites (N-methyl/N-ethyl adjacent to an activating group) is 1. The van der Waals surface area contributed by atoms with Crippen molar-refractivity contribution in [3.63, 3.8) is 0 Å². The molecule has 0 spiro atoms. The number of carbonyl (C=O) groups excluding carboxylic acids is 4. The SMILES string of the molecule is CNC(=O)C(Cc1ccc2ccccc2c1)N1CCN(C(=O)C(Cc2ccc(Cl)cc2)NC(C)=O)C(C)C1=O. The molecule has 0 saturated carbocycles. The average molecular weight is 549 g/mol. The second kappa shape index (κ2) is 12.3. The van der Waals surface area contributed by atoms with Crippen molar-refractivity contribution in [3.8, 4) is 0 Å². The zero-order chi connectivity index (χ0) is 28.1. The molecular weight excluding hydrogens is 516 g/mol. The van der Waals surface area contributed by atoms with E-state index in [0.717, 1.165) is 21.9 Å². The van der Waals surface area contributed by atoms with Crippen LogP contribution in [0.15, 0.2) is 66.7 Å². The Labute approximate surface area is 233 Å². The number of halogens is 1. The second-order valence-corrected chi connectivity index (χ2v) is 10.3. The zero-order valence-corrected chi connectivity index (χ0v) is 23.1. The molecule has 0 aliphatic carbocycles. The number of benzene rings is 3. The average Bonchev–Trinajstić information content (AvgIpc) is 2.93. The molecule has 1 aliphatic rings. The van der Waals surface area contributed by atoms with E-state index in [-0.39, 0.29) is 43.1 Å². The van der Waals surface area contributed by atoms with Gasteiger partial charge < -0.3 is 20.4 Å². The molecule has 3 atom stereocenters. The molecule has 3 unspecified atom stereocenters. The van der Waals surface area contributed by atoms with Crippen molar-refractivity contribution >= 4 is 46.0 Å². The molecule has 204 valence electrons. The molecule has 0 radical (unpaired) electrons. The van der Waals surface area contributed by atoms with Crippen LogP contribution in [0, 0.1) is 0 Å². The van der Waals surface area contributed by atoms with Gasteiger partial charge in [-0.15, -0.1) is 0 Å². The van der Waals surface area contributed by atoms with Gasteiger partial charge in [0.2, 0.25) is 23.6 Å². The minimum Gasteiger partial charge on any atom is -0.357 e. The van der Waals surface area contributed by atoms with Gasteiger partial charge in [-0.05, 0) is 41.0 Å². The van der Waals surface area contributed by atoms with Gasteiger partial charge in [0.1, 0.15) is 18.1 Å². The summed E-state index contributed by atoms with van der Waals surface area (Å²) in [5.41, 5.74) is 1.77. The fourth-order valence-electron chi connectivity index (χ4n) is 5.10. The van der Waals surface area contributed by atoms with Gasteiger partial charge in [-0.3, -0.25) is 19.2 Å². The van der Waals surface area contributed by atoms with Gasteiger partial charge in [-0.1, -0.05) is 66.2 Å². The molecule has 2 N–H and O–H groups in total. The third-order valence-electron chi connectivity index (χ3n) is 7.17. The van der Waals surface area contributed by atoms with Crippen molar-refractivity contribution in [1.29, 1.82) is 0 Å². The van der Waals surface area contributed by atoms with Crippen LogP contribution in [-0.4, -0.2) is 71.7 Å². The van der Waals surface area contributed by atoms with Crippen molar-refractivity contribution in [1.82, 2.24) is 20.4 Å². The molecule has 3 aromatic carbocycles. The number of fused-ring (bicyclic) bond motifs is 1. The summed E-state index contributed by atoms with van der Waals surface area (Å²) in [4.78, 5) is 55.1. The molecule has 1 heterocycles. The number of hydrogen-bond donors (Lipinski definition) is 2. The van der Waals surface area contributed by atoms with Gasteiger partial charge in [-0.2, -0.15) is 0 Å². The summed E-state index contributed by atoms with van der Waals surface area (Å²) in [6.45, 7) is 3.47. The van der Waals surface area contributed by atoms with E-state index in [9.17, 15) is 19.2 Å². The Morgan fingerprint density at radius 2 is 1.62 bits per heavy atom. The number of amides is 4. The van der Waals surface area contributed by atoms with Crippen molar-refractivity contribution in [2.75, 3.05) is 20.1 Å². The van der Waals surface area contributed by atoms with Crippen molar-refractivity contribution < 1.29 is 19.2 Å². The van der Waals surface area contributed by atoms with Crippen LogP contribution in [0.2, 0.25) is 5.02 Å². The van der Waals surface area contributed by atoms with Crippen LogP contribution in [0.3, 0.4) is 0 Å². The summed E-state index contributed by atoms with van der Waals surface area (Å²) in [7, 11) is 1.55. The van der Waals surface area contributed by atoms with Gasteiger partial charge >= 0.3 is 0 Å². The second-order valence-electron chi connectivity index (χ2n) is 9.84. The molecule has 4 rings (SSSR count). The molecule has 4 amide bonds. The Kier molecular flexibility index (Phi) is 8.86. The van der Waals surface area contributed by atoms with Crippen molar-refractivity contribution in [3.05, 3.63) is 82.9 Å². The number of hydrogen-bond acceptors (Lipinski definition) is 4. The zero-order valence-electron chi connectivity index (χ0n) is 22.3. The fourth-order valence-corrected chi connectivity index (χ4v) is 5.23. The van der Waals surface area contributed by atoms with E-state index < -0.39 is 18.1 Å². The molecule has 9 heteroatoms. The predicted molar refractivity (Wildman–Crippen MR) is 151 cm³/mol. The topological polar surface area (TPSA) is 98.8 Å². The van der Waals surface area contributed by atoms with Gasteiger partial charge in [0.25, 0.3) is 0 Å². The number of carbonyl (C=O) groups is 4. The highest BCUT2D eigenvalue weighted by atomic mass is 35.5. The lowest BCUT2D eigenvalue weighted by Gasteiger charge is -2.43. The minimum atomic E-state index is -0.835. The molecular formula is C30H33ClN4O4. The van der Waals surface area contributed by atoms with E-state index in [2.05, 4.69) is 10.6 Å². The third kappa shape index (κ3) is 6.57. The van der Waals surface area contributed by atoms with Crippen LogP contribution in [0.5, 0.6) is 0 Å². The first kappa shape index (κ1) is 28.1. The first-order valence-corrected chi connectivity index (χ1v) is 13.4. The molecule has 0 aromatic heterocycles. The lowest BCUT2D eigenvalue weighted by atomic mass is 9.98. The Balaban J connectivity index is 1.52. The Hall–Kier alpha value is -3.91. The van der Waals surface area contributed by atoms with Crippen LogP contribution >= 0.6 is 11.6 Å². The van der Waals surface area contributed by atoms with Crippen LogP contribution < -0.4 is 10.6 Å². The van der Waals surface area contributed by atoms with E-state index in [4.69, 9.17) is 11.6 Å². The van der Waals surface area contributed by atoms with Crippen LogP contribution in [0.1, 0.15) is 25.0 Å². The molecule has 0 bridgehead atoms. The van der Waals surface area contributed by atoms with Crippen LogP contribution in [0.4, 0.5) is 0 Å². The first-order chi connectivity index (χ1) is 18.7. The highest BCUT2D eigenvalue weighted by molar-refractivity contribution is 6.30. The molecule has 1 saturated heterocycles. The molecule has 3 aromatic rings. The lowest BCUT2D eigenvalue weighted by Crippen LogP contribution is -2.64. The quantitative estimate of drug-likeness (QED) is 0.452. The first-order valence-electron chi connectivity index (χ1n) is 13.0. The summed E-state index contributed by atoms with van der Waals surface area (Å²) in [6.07, 6.45) is 0.613. The molecule has 8 nitrogen and oxygen atoms in total. The summed E-state index contributed by atoms with van der Waals surface area (Å²) >= 11 is 5.99. The predicted octanol–water partition coefficient (Wildman–Crippen LogP) is 2.96. The Bertz CT molecular complexity index is 1380. The van der Waals surface area contributed by atoms with E-state index in [1.165, 1.54) is 11.8 Å². The monoisotopic (exact) mass is 548 g/mol. The molecule has 39 heavy (non-hydrogen) atoms. The molecule has 1 aliphatic heterocycles. The van der Waals surface area contributed by atoms with Gasteiger partial charge in [-0.25, -0.2) is 0 Å². The summed E-state index contributed by atoms with van der Waals surface area (Å²) in [6, 6.07) is 18.7. The third-order valence-corrected chi connectivity index (χ3v) is 7.42. The number of rotatable bonds is 8. The number of nitrogens with one attached hydrogen (secondary N) is 2. The number of nitrogens with zero attached hydrogens (tertiary/aromatic N) is 2. The van der Waals surface area contributed by atoms with Gasteiger partial charge in [0.05, 0.1) is 0 Å². The number of piperazine rings is 1. The molecule has 1 fully saturated rings.